The number of ether oxygens (including phenoxy) is 1. The molecule has 1 saturated heterocycles. The minimum Gasteiger partial charge on any atom is -0.458 e. The molecule has 0 radical (unpaired) electrons. The zero-order valence-corrected chi connectivity index (χ0v) is 27.1. The molecular weight excluding hydrogens is 570 g/mol. The van der Waals surface area contributed by atoms with E-state index in [9.17, 15) is 22.8 Å². The molecule has 1 aliphatic rings. The highest BCUT2D eigenvalue weighted by molar-refractivity contribution is 7.89. The van der Waals surface area contributed by atoms with Crippen LogP contribution in [0.3, 0.4) is 0 Å². The lowest BCUT2D eigenvalue weighted by Gasteiger charge is -2.34. The first-order valence-corrected chi connectivity index (χ1v) is 16.7. The maximum atomic E-state index is 14.0. The van der Waals surface area contributed by atoms with Gasteiger partial charge in [0.05, 0.1) is 11.2 Å². The number of aromatic nitrogens is 1. The summed E-state index contributed by atoms with van der Waals surface area (Å²) in [6.45, 7) is 11.3. The van der Waals surface area contributed by atoms with Gasteiger partial charge in [0.1, 0.15) is 17.7 Å². The number of hydrogen-bond acceptors (Lipinski definition) is 7. The van der Waals surface area contributed by atoms with Crippen LogP contribution in [0.15, 0.2) is 30.5 Å². The van der Waals surface area contributed by atoms with Gasteiger partial charge in [-0.25, -0.2) is 17.5 Å². The van der Waals surface area contributed by atoms with Gasteiger partial charge in [-0.2, -0.15) is 0 Å². The Morgan fingerprint density at radius 1 is 1.12 bits per heavy atom. The molecular formula is C31H49N5O6S. The van der Waals surface area contributed by atoms with Crippen LogP contribution in [0.1, 0.15) is 85.1 Å². The molecule has 43 heavy (non-hydrogen) atoms. The molecule has 240 valence electrons. The number of nitrogens with zero attached hydrogens (tertiary/aromatic N) is 1. The van der Waals surface area contributed by atoms with Gasteiger partial charge in [-0.1, -0.05) is 25.1 Å². The highest BCUT2D eigenvalue weighted by atomic mass is 32.2. The zero-order valence-electron chi connectivity index (χ0n) is 26.3. The summed E-state index contributed by atoms with van der Waals surface area (Å²) in [5.41, 5.74) is 6.64. The van der Waals surface area contributed by atoms with Crippen molar-refractivity contribution in [2.45, 2.75) is 102 Å². The summed E-state index contributed by atoms with van der Waals surface area (Å²) in [5.74, 6) is -2.56. The van der Waals surface area contributed by atoms with Gasteiger partial charge in [-0.15, -0.1) is 0 Å². The number of rotatable bonds is 13. The molecule has 5 N–H and O–H groups in total. The predicted molar refractivity (Wildman–Crippen MR) is 168 cm³/mol. The Bertz CT molecular complexity index is 1370. The first-order chi connectivity index (χ1) is 20.2. The topological polar surface area (TPSA) is 164 Å². The molecule has 11 nitrogen and oxygen atoms in total. The number of esters is 1. The van der Waals surface area contributed by atoms with E-state index in [0.717, 1.165) is 16.5 Å². The molecule has 4 atom stereocenters. The molecule has 0 saturated carbocycles. The number of benzene rings is 1. The number of sulfonamides is 1. The summed E-state index contributed by atoms with van der Waals surface area (Å²) < 4.78 is 32.7. The number of carbonyl (C=O) groups is 3. The smallest absolute Gasteiger partial charge is 0.329 e. The molecule has 12 heteroatoms. The SMILES string of the molecule is CC(C)S(=O)(=O)N1CCCC(C(=O)N[C@H](C(=O)N[C@@H](CCCCN)C(=O)OC(C)(C)C)[C@@H](C)c2c[nH]c3ccccc23)C1. The van der Waals surface area contributed by atoms with Crippen molar-refractivity contribution in [3.8, 4) is 0 Å². The van der Waals surface area contributed by atoms with Crippen molar-refractivity contribution in [3.63, 3.8) is 0 Å². The van der Waals surface area contributed by atoms with Crippen molar-refractivity contribution in [1.29, 1.82) is 0 Å². The molecule has 2 amide bonds. The number of amides is 2. The van der Waals surface area contributed by atoms with Gasteiger partial charge in [0.25, 0.3) is 0 Å². The van der Waals surface area contributed by atoms with E-state index in [4.69, 9.17) is 10.5 Å². The Kier molecular flexibility index (Phi) is 11.8. The third-order valence-corrected chi connectivity index (χ3v) is 10.1. The summed E-state index contributed by atoms with van der Waals surface area (Å²) in [4.78, 5) is 44.0. The van der Waals surface area contributed by atoms with E-state index >= 15 is 0 Å². The number of fused-ring (bicyclic) bond motifs is 1. The van der Waals surface area contributed by atoms with E-state index in [1.807, 2.05) is 37.4 Å². The summed E-state index contributed by atoms with van der Waals surface area (Å²) in [6.07, 6.45) is 4.50. The molecule has 3 rings (SSSR count). The first kappa shape index (κ1) is 34.5. The second-order valence-corrected chi connectivity index (χ2v) is 15.2. The molecule has 1 aromatic heterocycles. The van der Waals surface area contributed by atoms with E-state index in [2.05, 4.69) is 15.6 Å². The number of piperidine rings is 1. The van der Waals surface area contributed by atoms with Crippen LogP contribution in [0.25, 0.3) is 10.9 Å². The van der Waals surface area contributed by atoms with Gasteiger partial charge in [-0.3, -0.25) is 9.59 Å². The van der Waals surface area contributed by atoms with Crippen LogP contribution in [-0.2, 0) is 29.1 Å². The van der Waals surface area contributed by atoms with E-state index in [0.29, 0.717) is 45.2 Å². The Labute approximate surface area is 255 Å². The van der Waals surface area contributed by atoms with Crippen LogP contribution >= 0.6 is 0 Å². The number of para-hydroxylation sites is 1. The van der Waals surface area contributed by atoms with Crippen molar-refractivity contribution in [2.24, 2.45) is 11.7 Å². The van der Waals surface area contributed by atoms with Gasteiger partial charge >= 0.3 is 5.97 Å². The zero-order chi connectivity index (χ0) is 31.9. The van der Waals surface area contributed by atoms with Crippen LogP contribution in [0, 0.1) is 5.92 Å². The summed E-state index contributed by atoms with van der Waals surface area (Å²) >= 11 is 0. The van der Waals surface area contributed by atoms with E-state index in [1.165, 1.54) is 4.31 Å². The Balaban J connectivity index is 1.90. The van der Waals surface area contributed by atoms with Crippen molar-refractivity contribution in [1.82, 2.24) is 19.9 Å². The number of nitrogens with one attached hydrogen (secondary N) is 3. The fraction of sp³-hybridized carbons (Fsp3) is 0.645. The van der Waals surface area contributed by atoms with E-state index in [-0.39, 0.29) is 6.54 Å². The van der Waals surface area contributed by atoms with Gasteiger partial charge in [0.15, 0.2) is 0 Å². The lowest BCUT2D eigenvalue weighted by molar-refractivity contribution is -0.159. The maximum Gasteiger partial charge on any atom is 0.329 e. The van der Waals surface area contributed by atoms with Crippen LogP contribution in [0.5, 0.6) is 0 Å². The van der Waals surface area contributed by atoms with Crippen LogP contribution < -0.4 is 16.4 Å². The Morgan fingerprint density at radius 3 is 2.47 bits per heavy atom. The summed E-state index contributed by atoms with van der Waals surface area (Å²) in [5, 5.41) is 6.12. The second-order valence-electron chi connectivity index (χ2n) is 12.7. The third-order valence-electron chi connectivity index (χ3n) is 7.86. The number of nitrogens with two attached hydrogens (primary N) is 1. The number of unbranched alkanes of at least 4 members (excludes halogenated alkanes) is 1. The molecule has 2 heterocycles. The normalized spacial score (nSPS) is 18.7. The number of aromatic amines is 1. The van der Waals surface area contributed by atoms with Gasteiger partial charge in [-0.05, 0) is 84.9 Å². The molecule has 1 fully saturated rings. The minimum absolute atomic E-state index is 0.0573. The van der Waals surface area contributed by atoms with Crippen molar-refractivity contribution in [3.05, 3.63) is 36.0 Å². The number of hydrogen-bond donors (Lipinski definition) is 4. The lowest BCUT2D eigenvalue weighted by Crippen LogP contribution is -2.56. The molecule has 1 aromatic carbocycles. The molecule has 1 unspecified atom stereocenters. The first-order valence-electron chi connectivity index (χ1n) is 15.2. The van der Waals surface area contributed by atoms with E-state index < -0.39 is 62.6 Å². The standard InChI is InChI=1S/C31H49N5O6S/c1-20(2)43(40,41)36-17-11-12-22(19-36)28(37)35-27(21(3)24-18-33-25-14-8-7-13-23(24)25)29(38)34-26(15-9-10-16-32)30(39)42-31(4,5)6/h7-8,13-14,18,20-22,26-27,33H,9-12,15-17,19,32H2,1-6H3,(H,34,38)(H,35,37)/t21-,22?,26-,27-/m0/s1. The fourth-order valence-electron chi connectivity index (χ4n) is 5.40. The summed E-state index contributed by atoms with van der Waals surface area (Å²) in [7, 11) is -3.53. The Morgan fingerprint density at radius 2 is 1.81 bits per heavy atom. The third kappa shape index (κ3) is 9.02. The average Bonchev–Trinajstić information content (AvgIpc) is 3.38. The lowest BCUT2D eigenvalue weighted by atomic mass is 9.90. The van der Waals surface area contributed by atoms with Crippen LogP contribution in [0.4, 0.5) is 0 Å². The van der Waals surface area contributed by atoms with Crippen LogP contribution in [0.2, 0.25) is 0 Å². The predicted octanol–water partition coefficient (Wildman–Crippen LogP) is 3.16. The largest absolute Gasteiger partial charge is 0.458 e. The monoisotopic (exact) mass is 619 g/mol. The number of carbonyl (C=O) groups excluding carboxylic acids is 3. The summed E-state index contributed by atoms with van der Waals surface area (Å²) in [6, 6.07) is 5.73. The number of H-pyrrole nitrogens is 1. The van der Waals surface area contributed by atoms with E-state index in [1.54, 1.807) is 34.6 Å². The maximum absolute atomic E-state index is 14.0. The van der Waals surface area contributed by atoms with Crippen LogP contribution in [-0.4, -0.2) is 78.1 Å². The highest BCUT2D eigenvalue weighted by Gasteiger charge is 2.38. The van der Waals surface area contributed by atoms with Gasteiger partial charge in [0.2, 0.25) is 21.8 Å². The van der Waals surface area contributed by atoms with Gasteiger partial charge in [0, 0.05) is 36.1 Å². The highest BCUT2D eigenvalue weighted by Crippen LogP contribution is 2.29. The molecule has 0 spiro atoms. The molecule has 1 aliphatic heterocycles. The quantitative estimate of drug-likeness (QED) is 0.198. The van der Waals surface area contributed by atoms with Crippen molar-refractivity contribution >= 4 is 38.7 Å². The fourth-order valence-corrected chi connectivity index (χ4v) is 6.77. The van der Waals surface area contributed by atoms with Crippen molar-refractivity contribution in [2.75, 3.05) is 19.6 Å². The molecule has 0 bridgehead atoms. The molecule has 0 aliphatic carbocycles. The molecule has 2 aromatic rings. The van der Waals surface area contributed by atoms with Crippen molar-refractivity contribution < 1.29 is 27.5 Å². The average molecular weight is 620 g/mol. The second kappa shape index (κ2) is 14.7. The minimum atomic E-state index is -3.53. The Hall–Kier alpha value is -2.96. The van der Waals surface area contributed by atoms with Gasteiger partial charge < -0.3 is 26.1 Å².